The monoisotopic (exact) mass is 543 g/mol. The molecule has 2 aromatic carbocycles. The van der Waals surface area contributed by atoms with Crippen molar-refractivity contribution in [2.45, 2.75) is 51.9 Å². The van der Waals surface area contributed by atoms with Gasteiger partial charge in [0.2, 0.25) is 0 Å². The molecular weight excluding hydrogens is 520 g/mol. The lowest BCUT2D eigenvalue weighted by atomic mass is 10.0. The molecule has 0 unspecified atom stereocenters. The number of aromatic nitrogens is 1. The molecule has 6 nitrogen and oxygen atoms in total. The van der Waals surface area contributed by atoms with Gasteiger partial charge in [-0.3, -0.25) is 4.79 Å². The minimum absolute atomic E-state index is 0.0131. The Morgan fingerprint density at radius 1 is 0.889 bits per heavy atom. The summed E-state index contributed by atoms with van der Waals surface area (Å²) < 4.78 is 79.1. The van der Waals surface area contributed by atoms with Crippen LogP contribution in [-0.2, 0) is 19.0 Å². The van der Waals surface area contributed by atoms with Gasteiger partial charge in [-0.25, -0.2) is 0 Å². The molecule has 0 spiro atoms. The molecule has 0 atom stereocenters. The van der Waals surface area contributed by atoms with Gasteiger partial charge in [-0.15, -0.1) is 11.6 Å². The Balaban J connectivity index is 0.000000337. The predicted octanol–water partition coefficient (Wildman–Crippen LogP) is 7.16. The van der Waals surface area contributed by atoms with Crippen LogP contribution < -0.4 is 0 Å². The molecule has 0 fully saturated rings. The van der Waals surface area contributed by atoms with E-state index < -0.39 is 35.1 Å². The molecule has 0 amide bonds. The highest BCUT2D eigenvalue weighted by molar-refractivity contribution is 6.15. The first-order valence-corrected chi connectivity index (χ1v) is 11.2. The van der Waals surface area contributed by atoms with Gasteiger partial charge in [-0.2, -0.15) is 26.3 Å². The third-order valence-corrected chi connectivity index (χ3v) is 4.75. The maximum absolute atomic E-state index is 12.6. The Morgan fingerprint density at radius 3 is 1.89 bits per heavy atom. The Labute approximate surface area is 207 Å². The lowest BCUT2D eigenvalue weighted by Gasteiger charge is -2.11. The topological polar surface area (TPSA) is 104 Å². The number of hydrogen-bond donors (Lipinski definition) is 3. The van der Waals surface area contributed by atoms with E-state index in [4.69, 9.17) is 4.52 Å². The van der Waals surface area contributed by atoms with E-state index in [0.29, 0.717) is 24.8 Å². The van der Waals surface area contributed by atoms with Crippen molar-refractivity contribution in [3.8, 4) is 17.2 Å². The van der Waals surface area contributed by atoms with Crippen molar-refractivity contribution in [1.29, 1.82) is 0 Å². The van der Waals surface area contributed by atoms with E-state index in [1.165, 1.54) is 18.5 Å². The number of hydrogen-bond acceptors (Lipinski definition) is 6. The highest BCUT2D eigenvalue weighted by atomic mass is 35.5. The number of phenolic OH excluding ortho intramolecular Hbond substituents is 3. The van der Waals surface area contributed by atoms with Gasteiger partial charge in [-0.1, -0.05) is 31.8 Å². The summed E-state index contributed by atoms with van der Waals surface area (Å²) in [5, 5.41) is 31.4. The van der Waals surface area contributed by atoms with Crippen LogP contribution in [0, 0.1) is 0 Å². The van der Waals surface area contributed by atoms with Crippen LogP contribution in [0.1, 0.15) is 53.9 Å². The molecule has 36 heavy (non-hydrogen) atoms. The van der Waals surface area contributed by atoms with E-state index in [1.54, 1.807) is 6.92 Å². The fraction of sp³-hybridized carbons (Fsp3) is 0.391. The number of nitrogens with zero attached hydrogens (tertiary/aromatic N) is 1. The molecule has 3 aromatic rings. The van der Waals surface area contributed by atoms with Crippen LogP contribution in [-0.4, -0.2) is 38.8 Å². The number of rotatable bonds is 5. The second-order valence-corrected chi connectivity index (χ2v) is 7.26. The number of phenols is 3. The zero-order valence-corrected chi connectivity index (χ0v) is 20.1. The fourth-order valence-electron chi connectivity index (χ4n) is 3.20. The second-order valence-electron chi connectivity index (χ2n) is 7.26. The molecule has 0 aliphatic carbocycles. The van der Waals surface area contributed by atoms with Gasteiger partial charge in [0.1, 0.15) is 17.2 Å². The third-order valence-electron chi connectivity index (χ3n) is 4.75. The van der Waals surface area contributed by atoms with E-state index in [-0.39, 0.29) is 34.5 Å². The van der Waals surface area contributed by atoms with E-state index in [1.807, 2.05) is 6.92 Å². The Hall–Kier alpha value is -3.15. The lowest BCUT2D eigenvalue weighted by molar-refractivity contribution is -0.141. The number of halogens is 7. The smallest absolute Gasteiger partial charge is 0.455 e. The summed E-state index contributed by atoms with van der Waals surface area (Å²) in [6.07, 6.45) is -6.28. The standard InChI is InChI=1S/C11H10F3NO2.C11H11F3O3.CH3Cl/c1-2-3-6-8(16)5-4-7-9(6)17-15-10(7)11(12,13)14;1-2-3-6-8(15)5-4-7(9(6)16)10(17)11(12,13)14;1-2/h4-5,16H,2-3H2,1H3;4-5,15-16H,2-3H2,1H3;1H3. The zero-order chi connectivity index (χ0) is 27.8. The summed E-state index contributed by atoms with van der Waals surface area (Å²) in [6.45, 7) is 3.59. The molecular formula is C23H24ClF6NO5. The molecule has 13 heteroatoms. The van der Waals surface area contributed by atoms with Crippen molar-refractivity contribution >= 4 is 28.4 Å². The summed E-state index contributed by atoms with van der Waals surface area (Å²) in [7, 11) is 0. The summed E-state index contributed by atoms with van der Waals surface area (Å²) in [6, 6.07) is 4.15. The number of ketones is 1. The van der Waals surface area contributed by atoms with Crippen LogP contribution in [0.3, 0.4) is 0 Å². The molecule has 0 saturated carbocycles. The van der Waals surface area contributed by atoms with E-state index >= 15 is 0 Å². The molecule has 0 aliphatic rings. The van der Waals surface area contributed by atoms with Crippen LogP contribution in [0.4, 0.5) is 26.3 Å². The number of alkyl halides is 7. The SMILES string of the molecule is CCCc1c(O)ccc(C(=O)C(F)(F)F)c1O.CCCc1c(O)ccc2c(C(F)(F)F)noc12.CCl. The number of benzene rings is 2. The number of carbonyl (C=O) groups is 1. The van der Waals surface area contributed by atoms with Crippen molar-refractivity contribution < 1.29 is 51.0 Å². The Morgan fingerprint density at radius 2 is 1.39 bits per heavy atom. The van der Waals surface area contributed by atoms with E-state index in [2.05, 4.69) is 16.8 Å². The fourth-order valence-corrected chi connectivity index (χ4v) is 3.20. The number of aryl methyl sites for hydroxylation is 1. The van der Waals surface area contributed by atoms with Crippen LogP contribution in [0.15, 0.2) is 28.8 Å². The van der Waals surface area contributed by atoms with Gasteiger partial charge in [0, 0.05) is 17.5 Å². The van der Waals surface area contributed by atoms with Crippen molar-refractivity contribution in [2.75, 3.05) is 6.38 Å². The third kappa shape index (κ3) is 7.19. The van der Waals surface area contributed by atoms with Crippen molar-refractivity contribution in [3.63, 3.8) is 0 Å². The molecule has 1 aromatic heterocycles. The highest BCUT2D eigenvalue weighted by Gasteiger charge is 2.41. The van der Waals surface area contributed by atoms with Gasteiger partial charge in [0.25, 0.3) is 5.78 Å². The van der Waals surface area contributed by atoms with Crippen LogP contribution in [0.5, 0.6) is 17.2 Å². The summed E-state index contributed by atoms with van der Waals surface area (Å²) in [4.78, 5) is 11.0. The quantitative estimate of drug-likeness (QED) is 0.179. The first-order chi connectivity index (χ1) is 16.7. The number of carbonyl (C=O) groups excluding carboxylic acids is 1. The zero-order valence-electron chi connectivity index (χ0n) is 19.4. The maximum Gasteiger partial charge on any atom is 0.455 e. The van der Waals surface area contributed by atoms with E-state index in [0.717, 1.165) is 12.1 Å². The van der Waals surface area contributed by atoms with Gasteiger partial charge < -0.3 is 19.8 Å². The predicted molar refractivity (Wildman–Crippen MR) is 121 cm³/mol. The van der Waals surface area contributed by atoms with Gasteiger partial charge in [0.05, 0.1) is 10.9 Å². The second kappa shape index (κ2) is 12.7. The average molecular weight is 544 g/mol. The molecule has 0 bridgehead atoms. The van der Waals surface area contributed by atoms with E-state index in [9.17, 15) is 46.5 Å². The number of aromatic hydroxyl groups is 3. The average Bonchev–Trinajstić information content (AvgIpc) is 3.24. The van der Waals surface area contributed by atoms with Crippen molar-refractivity contribution in [1.82, 2.24) is 5.16 Å². The Bertz CT molecular complexity index is 1170. The molecule has 1 heterocycles. The molecule has 3 N–H and O–H groups in total. The molecule has 0 aliphatic heterocycles. The van der Waals surface area contributed by atoms with Gasteiger partial charge >= 0.3 is 12.4 Å². The van der Waals surface area contributed by atoms with Crippen molar-refractivity contribution in [2.24, 2.45) is 0 Å². The van der Waals surface area contributed by atoms with Gasteiger partial charge in [0.15, 0.2) is 11.3 Å². The highest BCUT2D eigenvalue weighted by Crippen LogP contribution is 2.38. The number of Topliss-reactive ketones (excluding diaryl/α,β-unsaturated/α-hetero) is 1. The maximum atomic E-state index is 12.6. The first kappa shape index (κ1) is 30.9. The minimum Gasteiger partial charge on any atom is -0.508 e. The lowest BCUT2D eigenvalue weighted by Crippen LogP contribution is -2.23. The summed E-state index contributed by atoms with van der Waals surface area (Å²) in [5.74, 6) is -3.30. The summed E-state index contributed by atoms with van der Waals surface area (Å²) >= 11 is 4.64. The molecule has 0 radical (unpaired) electrons. The molecule has 0 saturated heterocycles. The largest absolute Gasteiger partial charge is 0.508 e. The normalized spacial score (nSPS) is 11.4. The Kier molecular flexibility index (Phi) is 10.9. The number of fused-ring (bicyclic) bond motifs is 1. The van der Waals surface area contributed by atoms with Gasteiger partial charge in [-0.05, 0) is 37.1 Å². The summed E-state index contributed by atoms with van der Waals surface area (Å²) in [5.41, 5.74) is -1.54. The minimum atomic E-state index is -5.04. The molecule has 200 valence electrons. The van der Waals surface area contributed by atoms with Crippen LogP contribution >= 0.6 is 11.6 Å². The van der Waals surface area contributed by atoms with Crippen molar-refractivity contribution in [3.05, 3.63) is 46.6 Å². The molecule has 3 rings (SSSR count). The van der Waals surface area contributed by atoms with Crippen LogP contribution in [0.2, 0.25) is 0 Å². The van der Waals surface area contributed by atoms with Crippen LogP contribution in [0.25, 0.3) is 11.0 Å². The first-order valence-electron chi connectivity index (χ1n) is 10.4.